The summed E-state index contributed by atoms with van der Waals surface area (Å²) in [6.07, 6.45) is -4.40. The maximum Gasteiger partial charge on any atom is 0.459 e. The number of sulfonamides is 1. The van der Waals surface area contributed by atoms with Gasteiger partial charge in [-0.15, -0.1) is 0 Å². The van der Waals surface area contributed by atoms with Crippen LogP contribution in [0.5, 0.6) is 0 Å². The van der Waals surface area contributed by atoms with Crippen molar-refractivity contribution in [1.29, 1.82) is 0 Å². The second-order valence-electron chi connectivity index (χ2n) is 9.59. The van der Waals surface area contributed by atoms with E-state index in [0.29, 0.717) is 12.1 Å². The smallest absolute Gasteiger partial charge is 0.254 e. The van der Waals surface area contributed by atoms with E-state index in [1.165, 1.54) is 22.5 Å². The third-order valence-corrected chi connectivity index (χ3v) is 8.80. The molecule has 0 amide bonds. The Balaban J connectivity index is 1.65. The van der Waals surface area contributed by atoms with Crippen LogP contribution in [-0.2, 0) is 10.0 Å². The fourth-order valence-electron chi connectivity index (χ4n) is 4.43. The lowest BCUT2D eigenvalue weighted by Gasteiger charge is -2.27. The van der Waals surface area contributed by atoms with E-state index in [1.54, 1.807) is 30.3 Å². The normalized spacial score (nSPS) is 19.6. The molecule has 2 aliphatic rings. The summed E-state index contributed by atoms with van der Waals surface area (Å²) >= 11 is 6.24. The topological polar surface area (TPSA) is 65.9 Å². The molecule has 0 saturated heterocycles. The first-order chi connectivity index (χ1) is 17.7. The standard InChI is InChI=1S/C25H26ClF5N4O2S/c1-16(2)15-38(36,37)34-12-10-17(11-13-34)19-7-5-8-20(32-19)22-14-23(24(27,28)25(29,30)31)33-35(22)21-9-4-3-6-18(21)26/h3-10,16,22H,11-15H2,1-2H3. The predicted molar refractivity (Wildman–Crippen MR) is 137 cm³/mol. The molecular weight excluding hydrogens is 551 g/mol. The van der Waals surface area contributed by atoms with Crippen molar-refractivity contribution < 1.29 is 30.4 Å². The molecule has 206 valence electrons. The summed E-state index contributed by atoms with van der Waals surface area (Å²) in [7, 11) is -3.41. The van der Waals surface area contributed by atoms with Crippen LogP contribution in [0.4, 0.5) is 27.6 Å². The maximum atomic E-state index is 14.3. The molecule has 1 unspecified atom stereocenters. The predicted octanol–water partition coefficient (Wildman–Crippen LogP) is 6.31. The van der Waals surface area contributed by atoms with Crippen LogP contribution >= 0.6 is 11.6 Å². The summed E-state index contributed by atoms with van der Waals surface area (Å²) in [4.78, 5) is 4.58. The third kappa shape index (κ3) is 5.72. The highest BCUT2D eigenvalue weighted by Gasteiger charge is 2.63. The van der Waals surface area contributed by atoms with Crippen LogP contribution in [0.25, 0.3) is 5.57 Å². The maximum absolute atomic E-state index is 14.3. The molecule has 4 rings (SSSR count). The van der Waals surface area contributed by atoms with Crippen molar-refractivity contribution in [2.24, 2.45) is 11.0 Å². The van der Waals surface area contributed by atoms with Gasteiger partial charge in [0.25, 0.3) is 0 Å². The van der Waals surface area contributed by atoms with Crippen LogP contribution in [-0.4, -0.2) is 54.4 Å². The molecule has 13 heteroatoms. The molecular formula is C25H26ClF5N4O2S. The van der Waals surface area contributed by atoms with E-state index < -0.39 is 40.3 Å². The first-order valence-corrected chi connectivity index (χ1v) is 13.9. The van der Waals surface area contributed by atoms with Crippen molar-refractivity contribution in [3.8, 4) is 0 Å². The van der Waals surface area contributed by atoms with Crippen LogP contribution in [0.1, 0.15) is 44.1 Å². The lowest BCUT2D eigenvalue weighted by molar-refractivity contribution is -0.249. The van der Waals surface area contributed by atoms with Gasteiger partial charge < -0.3 is 0 Å². The minimum Gasteiger partial charge on any atom is -0.254 e. The number of pyridine rings is 1. The molecule has 0 saturated carbocycles. The summed E-state index contributed by atoms with van der Waals surface area (Å²) in [6, 6.07) is 9.93. The van der Waals surface area contributed by atoms with Gasteiger partial charge in [0.2, 0.25) is 10.0 Å². The Morgan fingerprint density at radius 3 is 2.39 bits per heavy atom. The lowest BCUT2D eigenvalue weighted by Crippen LogP contribution is -2.43. The second kappa shape index (κ2) is 10.5. The minimum atomic E-state index is -5.81. The van der Waals surface area contributed by atoms with E-state index in [2.05, 4.69) is 10.1 Å². The van der Waals surface area contributed by atoms with Crippen LogP contribution in [0.2, 0.25) is 5.02 Å². The zero-order chi connectivity index (χ0) is 27.9. The van der Waals surface area contributed by atoms with Crippen LogP contribution in [0, 0.1) is 5.92 Å². The number of rotatable bonds is 7. The summed E-state index contributed by atoms with van der Waals surface area (Å²) in [5.41, 5.74) is 0.313. The number of anilines is 1. The summed E-state index contributed by atoms with van der Waals surface area (Å²) in [5.74, 6) is -5.11. The molecule has 1 atom stereocenters. The van der Waals surface area contributed by atoms with E-state index in [1.807, 2.05) is 13.8 Å². The van der Waals surface area contributed by atoms with Crippen molar-refractivity contribution in [3.05, 3.63) is 65.0 Å². The average molecular weight is 577 g/mol. The molecule has 0 spiro atoms. The highest BCUT2D eigenvalue weighted by atomic mass is 35.5. The Morgan fingerprint density at radius 1 is 1.08 bits per heavy atom. The van der Waals surface area contributed by atoms with Gasteiger partial charge in [0.05, 0.1) is 27.9 Å². The Morgan fingerprint density at radius 2 is 1.79 bits per heavy atom. The minimum absolute atomic E-state index is 0.0203. The molecule has 2 aliphatic heterocycles. The monoisotopic (exact) mass is 576 g/mol. The van der Waals surface area contributed by atoms with Crippen molar-refractivity contribution in [3.63, 3.8) is 0 Å². The Labute approximate surface area is 222 Å². The number of alkyl halides is 5. The summed E-state index contributed by atoms with van der Waals surface area (Å²) in [5, 5.41) is 4.87. The average Bonchev–Trinajstić information content (AvgIpc) is 3.29. The Kier molecular flexibility index (Phi) is 7.89. The van der Waals surface area contributed by atoms with E-state index in [-0.39, 0.29) is 41.2 Å². The molecule has 1 aromatic heterocycles. The number of halogens is 6. The van der Waals surface area contributed by atoms with Crippen molar-refractivity contribution in [2.75, 3.05) is 23.9 Å². The zero-order valence-corrected chi connectivity index (χ0v) is 22.2. The third-order valence-electron chi connectivity index (χ3n) is 6.28. The largest absolute Gasteiger partial charge is 0.459 e. The Bertz CT molecular complexity index is 1360. The number of benzene rings is 1. The SMILES string of the molecule is CC(C)CS(=O)(=O)N1CC=C(c2cccc(C3CC(C(F)(F)C(F)(F)F)=NN3c3ccccc3Cl)n2)CC1. The molecule has 2 aromatic rings. The fraction of sp³-hybridized carbons (Fsp3) is 0.440. The molecule has 38 heavy (non-hydrogen) atoms. The van der Waals surface area contributed by atoms with Gasteiger partial charge in [-0.2, -0.15) is 31.4 Å². The first-order valence-electron chi connectivity index (χ1n) is 11.9. The van der Waals surface area contributed by atoms with Gasteiger partial charge in [-0.1, -0.05) is 49.7 Å². The van der Waals surface area contributed by atoms with Gasteiger partial charge in [0.15, 0.2) is 0 Å². The summed E-state index contributed by atoms with van der Waals surface area (Å²) in [6.45, 7) is 4.07. The zero-order valence-electron chi connectivity index (χ0n) is 20.6. The van der Waals surface area contributed by atoms with Gasteiger partial charge in [-0.3, -0.25) is 9.99 Å². The first kappa shape index (κ1) is 28.4. The number of hydrazone groups is 1. The van der Waals surface area contributed by atoms with Gasteiger partial charge >= 0.3 is 12.1 Å². The van der Waals surface area contributed by atoms with Gasteiger partial charge in [-0.25, -0.2) is 8.42 Å². The quantitative estimate of drug-likeness (QED) is 0.362. The van der Waals surface area contributed by atoms with Crippen molar-refractivity contribution in [2.45, 2.75) is 44.8 Å². The van der Waals surface area contributed by atoms with Crippen LogP contribution in [0.15, 0.2) is 53.6 Å². The van der Waals surface area contributed by atoms with Gasteiger partial charge in [0, 0.05) is 19.5 Å². The van der Waals surface area contributed by atoms with E-state index in [9.17, 15) is 30.4 Å². The number of aromatic nitrogens is 1. The molecule has 1 aromatic carbocycles. The lowest BCUT2D eigenvalue weighted by atomic mass is 10.0. The molecule has 0 radical (unpaired) electrons. The molecule has 0 aliphatic carbocycles. The molecule has 0 fully saturated rings. The van der Waals surface area contributed by atoms with Crippen molar-refractivity contribution >= 4 is 38.6 Å². The van der Waals surface area contributed by atoms with Crippen LogP contribution in [0.3, 0.4) is 0 Å². The van der Waals surface area contributed by atoms with Crippen LogP contribution < -0.4 is 5.01 Å². The molecule has 0 bridgehead atoms. The van der Waals surface area contributed by atoms with Gasteiger partial charge in [0.1, 0.15) is 11.8 Å². The van der Waals surface area contributed by atoms with Gasteiger partial charge in [-0.05, 0) is 42.2 Å². The van der Waals surface area contributed by atoms with E-state index in [0.717, 1.165) is 10.6 Å². The summed E-state index contributed by atoms with van der Waals surface area (Å²) < 4.78 is 94.6. The van der Waals surface area contributed by atoms with E-state index >= 15 is 0 Å². The molecule has 6 nitrogen and oxygen atoms in total. The van der Waals surface area contributed by atoms with E-state index in [4.69, 9.17) is 11.6 Å². The fourth-order valence-corrected chi connectivity index (χ4v) is 6.38. The highest BCUT2D eigenvalue weighted by molar-refractivity contribution is 7.89. The number of para-hydroxylation sites is 1. The molecule has 0 N–H and O–H groups in total. The number of hydrogen-bond donors (Lipinski definition) is 0. The second-order valence-corrected chi connectivity index (χ2v) is 12.0. The highest BCUT2D eigenvalue weighted by Crippen LogP contribution is 2.45. The number of nitrogens with zero attached hydrogens (tertiary/aromatic N) is 4. The molecule has 3 heterocycles. The number of hydrogen-bond acceptors (Lipinski definition) is 5. The van der Waals surface area contributed by atoms with Crippen molar-refractivity contribution in [1.82, 2.24) is 9.29 Å². The Hall–Kier alpha value is -2.57.